The predicted octanol–water partition coefficient (Wildman–Crippen LogP) is 0.408. The van der Waals surface area contributed by atoms with Crippen molar-refractivity contribution in [1.82, 2.24) is 9.97 Å². The molecule has 0 radical (unpaired) electrons. The van der Waals surface area contributed by atoms with E-state index in [2.05, 4.69) is 20.6 Å². The minimum Gasteiger partial charge on any atom is -0.630 e. The van der Waals surface area contributed by atoms with E-state index in [9.17, 15) is 5.21 Å². The Morgan fingerprint density at radius 1 is 1.25 bits per heavy atom. The van der Waals surface area contributed by atoms with Gasteiger partial charge >= 0.3 is 0 Å². The Balaban J connectivity index is 2.36. The van der Waals surface area contributed by atoms with E-state index in [0.717, 1.165) is 0 Å². The van der Waals surface area contributed by atoms with Gasteiger partial charge in [0.2, 0.25) is 11.6 Å². The number of hydrogen-bond acceptors (Lipinski definition) is 7. The topological polar surface area (TPSA) is 139 Å². The normalized spacial score (nSPS) is 9.85. The van der Waals surface area contributed by atoms with Crippen LogP contribution in [0.3, 0.4) is 0 Å². The summed E-state index contributed by atoms with van der Waals surface area (Å²) in [5, 5.41) is 25.7. The van der Waals surface area contributed by atoms with Crippen molar-refractivity contribution in [3.63, 3.8) is 0 Å². The number of anilines is 4. The summed E-state index contributed by atoms with van der Waals surface area (Å²) in [6.07, 6.45) is 0. The molecule has 0 aliphatic carbocycles. The molecule has 0 spiro atoms. The maximum atomic E-state index is 11.2. The lowest BCUT2D eigenvalue weighted by Crippen LogP contribution is -2.70. The van der Waals surface area contributed by atoms with Gasteiger partial charge in [0.25, 0.3) is 0 Å². The first-order chi connectivity index (χ1) is 9.67. The zero-order chi connectivity index (χ0) is 14.5. The second-order valence-electron chi connectivity index (χ2n) is 3.87. The highest BCUT2D eigenvalue weighted by Crippen LogP contribution is 2.26. The Morgan fingerprint density at radius 2 is 1.90 bits per heavy atom. The summed E-state index contributed by atoms with van der Waals surface area (Å²) < 4.78 is 0. The molecular formula is C12H13N7O. The molecule has 6 N–H and O–H groups in total. The van der Waals surface area contributed by atoms with Crippen LogP contribution < -0.4 is 21.8 Å². The fourth-order valence-electron chi connectivity index (χ4n) is 1.65. The molecule has 0 atom stereocenters. The van der Waals surface area contributed by atoms with Gasteiger partial charge in [-0.1, -0.05) is 0 Å². The molecule has 1 aromatic carbocycles. The van der Waals surface area contributed by atoms with E-state index >= 15 is 0 Å². The summed E-state index contributed by atoms with van der Waals surface area (Å²) >= 11 is 0. The highest BCUT2D eigenvalue weighted by molar-refractivity contribution is 5.74. The first-order valence-electron chi connectivity index (χ1n) is 5.75. The largest absolute Gasteiger partial charge is 0.630 e. The van der Waals surface area contributed by atoms with Crippen molar-refractivity contribution >= 4 is 29.0 Å². The van der Waals surface area contributed by atoms with Crippen LogP contribution in [0.5, 0.6) is 0 Å². The van der Waals surface area contributed by atoms with Gasteiger partial charge in [-0.05, 0) is 24.3 Å². The quantitative estimate of drug-likeness (QED) is 0.590. The fraction of sp³-hybridized carbons (Fsp3) is 0.0833. The van der Waals surface area contributed by atoms with Gasteiger partial charge in [-0.15, -0.1) is 0 Å². The SMILES string of the molecule is CNc1nc(N)nc(Nc2ccc(C#N)cc2)c1[NH2+][O-]. The van der Waals surface area contributed by atoms with Crippen molar-refractivity contribution < 1.29 is 5.48 Å². The number of benzene rings is 1. The summed E-state index contributed by atoms with van der Waals surface area (Å²) in [7, 11) is 1.64. The van der Waals surface area contributed by atoms with Crippen LogP contribution in [-0.4, -0.2) is 17.0 Å². The summed E-state index contributed by atoms with van der Waals surface area (Å²) in [4.78, 5) is 7.94. The zero-order valence-electron chi connectivity index (χ0n) is 10.7. The van der Waals surface area contributed by atoms with Gasteiger partial charge in [0.15, 0.2) is 11.6 Å². The number of nitriles is 1. The van der Waals surface area contributed by atoms with E-state index in [0.29, 0.717) is 28.4 Å². The van der Waals surface area contributed by atoms with Crippen molar-refractivity contribution in [3.05, 3.63) is 35.0 Å². The molecule has 0 aliphatic rings. The number of rotatable bonds is 4. The number of nitrogen functional groups attached to an aromatic ring is 1. The standard InChI is InChI=1S/C12H13N7O/c1-15-10-9(19-20)11(18-12(14)17-10)16-8-4-2-7(6-13)3-5-8/h2-5H,19H2,1H3,(H4,14,15,16,17,18). The summed E-state index contributed by atoms with van der Waals surface area (Å²) in [5.41, 5.74) is 7.76. The van der Waals surface area contributed by atoms with E-state index in [4.69, 9.17) is 11.0 Å². The summed E-state index contributed by atoms with van der Waals surface area (Å²) in [6.45, 7) is 0. The number of nitrogens with zero attached hydrogens (tertiary/aromatic N) is 3. The molecule has 1 heterocycles. The maximum Gasteiger partial charge on any atom is 0.224 e. The van der Waals surface area contributed by atoms with Gasteiger partial charge in [0.1, 0.15) is 0 Å². The molecule has 8 heteroatoms. The number of hydrogen-bond donors (Lipinski definition) is 4. The Morgan fingerprint density at radius 3 is 2.45 bits per heavy atom. The maximum absolute atomic E-state index is 11.2. The minimum atomic E-state index is 0.0519. The monoisotopic (exact) mass is 271 g/mol. The molecule has 0 saturated carbocycles. The van der Waals surface area contributed by atoms with Crippen LogP contribution in [0.4, 0.5) is 29.0 Å². The average Bonchev–Trinajstić information content (AvgIpc) is 2.47. The van der Waals surface area contributed by atoms with Crippen molar-refractivity contribution in [1.29, 1.82) is 5.26 Å². The van der Waals surface area contributed by atoms with E-state index < -0.39 is 0 Å². The molecule has 0 fully saturated rings. The van der Waals surface area contributed by atoms with Crippen molar-refractivity contribution in [2.75, 3.05) is 23.4 Å². The molecule has 20 heavy (non-hydrogen) atoms. The smallest absolute Gasteiger partial charge is 0.224 e. The van der Waals surface area contributed by atoms with E-state index in [1.165, 1.54) is 0 Å². The number of aromatic nitrogens is 2. The highest BCUT2D eigenvalue weighted by Gasteiger charge is 2.14. The van der Waals surface area contributed by atoms with Gasteiger partial charge in [-0.2, -0.15) is 15.2 Å². The predicted molar refractivity (Wildman–Crippen MR) is 75.4 cm³/mol. The van der Waals surface area contributed by atoms with Gasteiger partial charge in [-0.25, -0.2) is 0 Å². The van der Waals surface area contributed by atoms with Gasteiger partial charge in [0, 0.05) is 12.7 Å². The fourth-order valence-corrected chi connectivity index (χ4v) is 1.65. The van der Waals surface area contributed by atoms with Crippen LogP contribution in [0.1, 0.15) is 5.56 Å². The van der Waals surface area contributed by atoms with E-state index in [1.807, 2.05) is 6.07 Å². The van der Waals surface area contributed by atoms with Crippen molar-refractivity contribution in [2.24, 2.45) is 0 Å². The van der Waals surface area contributed by atoms with Gasteiger partial charge in [-0.3, -0.25) is 0 Å². The third-order valence-corrected chi connectivity index (χ3v) is 2.59. The molecule has 1 aromatic heterocycles. The third-order valence-electron chi connectivity index (χ3n) is 2.59. The first-order valence-corrected chi connectivity index (χ1v) is 5.75. The van der Waals surface area contributed by atoms with Crippen LogP contribution in [0.2, 0.25) is 0 Å². The molecule has 2 rings (SSSR count). The summed E-state index contributed by atoms with van der Waals surface area (Å²) in [6, 6.07) is 8.77. The number of quaternary nitrogens is 1. The molecule has 0 bridgehead atoms. The van der Waals surface area contributed by atoms with Crippen LogP contribution in [0, 0.1) is 16.5 Å². The molecule has 2 aromatic rings. The van der Waals surface area contributed by atoms with Crippen LogP contribution in [0.15, 0.2) is 24.3 Å². The first kappa shape index (κ1) is 13.5. The molecule has 0 aliphatic heterocycles. The lowest BCUT2D eigenvalue weighted by molar-refractivity contribution is -0.495. The molecule has 0 unspecified atom stereocenters. The molecular weight excluding hydrogens is 258 g/mol. The lowest BCUT2D eigenvalue weighted by atomic mass is 10.2. The molecule has 8 nitrogen and oxygen atoms in total. The Bertz CT molecular complexity index is 648. The Labute approximate surface area is 115 Å². The highest BCUT2D eigenvalue weighted by atomic mass is 16.5. The Hall–Kier alpha value is -2.89. The summed E-state index contributed by atoms with van der Waals surface area (Å²) in [5.74, 6) is 0.710. The van der Waals surface area contributed by atoms with Crippen molar-refractivity contribution in [2.45, 2.75) is 0 Å². The third kappa shape index (κ3) is 2.74. The van der Waals surface area contributed by atoms with Gasteiger partial charge in [0.05, 0.1) is 11.6 Å². The Kier molecular flexibility index (Phi) is 3.95. The average molecular weight is 271 g/mol. The second kappa shape index (κ2) is 5.83. The zero-order valence-corrected chi connectivity index (χ0v) is 10.7. The molecule has 0 amide bonds. The van der Waals surface area contributed by atoms with E-state index in [1.54, 1.807) is 31.3 Å². The van der Waals surface area contributed by atoms with Crippen LogP contribution >= 0.6 is 0 Å². The molecule has 102 valence electrons. The van der Waals surface area contributed by atoms with E-state index in [-0.39, 0.29) is 11.6 Å². The second-order valence-corrected chi connectivity index (χ2v) is 3.87. The van der Waals surface area contributed by atoms with Gasteiger partial charge < -0.3 is 27.1 Å². The van der Waals surface area contributed by atoms with Crippen molar-refractivity contribution in [3.8, 4) is 6.07 Å². The molecule has 0 saturated heterocycles. The number of nitrogens with one attached hydrogen (secondary N) is 2. The minimum absolute atomic E-state index is 0.0519. The lowest BCUT2D eigenvalue weighted by Gasteiger charge is -2.13. The van der Waals surface area contributed by atoms with Crippen LogP contribution in [0.25, 0.3) is 0 Å². The number of nitrogens with two attached hydrogens (primary N) is 2. The van der Waals surface area contributed by atoms with Crippen LogP contribution in [-0.2, 0) is 0 Å².